The Labute approximate surface area is 84.3 Å². The molecule has 2 aromatic carbocycles. The van der Waals surface area contributed by atoms with E-state index in [-0.39, 0.29) is 0 Å². The van der Waals surface area contributed by atoms with E-state index in [1.54, 1.807) is 24.3 Å². The van der Waals surface area contributed by atoms with Crippen LogP contribution in [0.3, 0.4) is 0 Å². The van der Waals surface area contributed by atoms with Crippen molar-refractivity contribution in [2.75, 3.05) is 0 Å². The van der Waals surface area contributed by atoms with Crippen LogP contribution in [0, 0.1) is 23.5 Å². The smallest absolute Gasteiger partial charge is 0.0991 e. The van der Waals surface area contributed by atoms with Crippen LogP contribution in [0.5, 0.6) is 0 Å². The standard InChI is InChI=1S/C7H4N.C6H5/c8-6-7-4-2-1-3-5-7;1-2-4-6-5-3-1/h1-2,4-5H;1-5H. The van der Waals surface area contributed by atoms with Crippen LogP contribution >= 0.6 is 0 Å². The van der Waals surface area contributed by atoms with Gasteiger partial charge < -0.3 is 0 Å². The fourth-order valence-electron chi connectivity index (χ4n) is 0.805. The largest absolute Gasteiger partial charge is 0.192 e. The minimum Gasteiger partial charge on any atom is -0.192 e. The zero-order valence-electron chi connectivity index (χ0n) is 7.64. The molecular formula is C13H9N. The van der Waals surface area contributed by atoms with Crippen LogP contribution in [0.25, 0.3) is 0 Å². The van der Waals surface area contributed by atoms with Crippen LogP contribution < -0.4 is 0 Å². The maximum Gasteiger partial charge on any atom is 0.0991 e. The predicted molar refractivity (Wildman–Crippen MR) is 55.3 cm³/mol. The average Bonchev–Trinajstić information content (AvgIpc) is 2.33. The summed E-state index contributed by atoms with van der Waals surface area (Å²) in [6, 6.07) is 24.2. The van der Waals surface area contributed by atoms with Crippen LogP contribution in [0.4, 0.5) is 0 Å². The van der Waals surface area contributed by atoms with Crippen LogP contribution in [-0.4, -0.2) is 0 Å². The Bertz CT molecular complexity index is 346. The summed E-state index contributed by atoms with van der Waals surface area (Å²) < 4.78 is 0. The van der Waals surface area contributed by atoms with Gasteiger partial charge in [-0.05, 0) is 24.3 Å². The molecule has 0 bridgehead atoms. The van der Waals surface area contributed by atoms with Gasteiger partial charge in [-0.2, -0.15) is 5.26 Å². The molecule has 2 rings (SSSR count). The average molecular weight is 179 g/mol. The van der Waals surface area contributed by atoms with Gasteiger partial charge in [0.2, 0.25) is 0 Å². The molecule has 0 spiro atoms. The second-order valence-corrected chi connectivity index (χ2v) is 2.48. The second-order valence-electron chi connectivity index (χ2n) is 2.48. The van der Waals surface area contributed by atoms with Gasteiger partial charge in [-0.3, -0.25) is 0 Å². The van der Waals surface area contributed by atoms with E-state index >= 15 is 0 Å². The summed E-state index contributed by atoms with van der Waals surface area (Å²) >= 11 is 0. The van der Waals surface area contributed by atoms with Gasteiger partial charge >= 0.3 is 0 Å². The van der Waals surface area contributed by atoms with Gasteiger partial charge in [0.25, 0.3) is 0 Å². The van der Waals surface area contributed by atoms with Crippen molar-refractivity contribution in [1.82, 2.24) is 0 Å². The van der Waals surface area contributed by atoms with Crippen molar-refractivity contribution >= 4 is 0 Å². The van der Waals surface area contributed by atoms with Gasteiger partial charge in [0, 0.05) is 0 Å². The van der Waals surface area contributed by atoms with E-state index in [0.717, 1.165) is 0 Å². The number of benzene rings is 2. The number of nitrogens with zero attached hydrogens (tertiary/aromatic N) is 1. The highest BCUT2D eigenvalue weighted by Crippen LogP contribution is 1.92. The van der Waals surface area contributed by atoms with Crippen LogP contribution in [-0.2, 0) is 0 Å². The molecule has 2 aromatic rings. The van der Waals surface area contributed by atoms with Gasteiger partial charge in [-0.15, -0.1) is 0 Å². The molecule has 0 aliphatic rings. The quantitative estimate of drug-likeness (QED) is 0.610. The molecule has 0 aliphatic carbocycles. The Morgan fingerprint density at radius 2 is 1.64 bits per heavy atom. The number of hydrogen-bond acceptors (Lipinski definition) is 1. The Hall–Kier alpha value is -2.07. The highest BCUT2D eigenvalue weighted by molar-refractivity contribution is 5.26. The van der Waals surface area contributed by atoms with E-state index in [1.165, 1.54) is 0 Å². The van der Waals surface area contributed by atoms with Crippen LogP contribution in [0.1, 0.15) is 5.56 Å². The van der Waals surface area contributed by atoms with Gasteiger partial charge in [-0.1, -0.05) is 42.5 Å². The van der Waals surface area contributed by atoms with E-state index in [9.17, 15) is 0 Å². The zero-order chi connectivity index (χ0) is 10.1. The minimum absolute atomic E-state index is 0.660. The summed E-state index contributed by atoms with van der Waals surface area (Å²) in [4.78, 5) is 0. The number of nitriles is 1. The maximum absolute atomic E-state index is 8.27. The Kier molecular flexibility index (Phi) is 4.61. The molecule has 0 amide bonds. The number of hydrogen-bond donors (Lipinski definition) is 0. The summed E-state index contributed by atoms with van der Waals surface area (Å²) in [6.45, 7) is 0. The normalized spacial score (nSPS) is 7.93. The summed E-state index contributed by atoms with van der Waals surface area (Å²) in [5, 5.41) is 8.27. The van der Waals surface area contributed by atoms with Gasteiger partial charge in [0.1, 0.15) is 0 Å². The fourth-order valence-corrected chi connectivity index (χ4v) is 0.805. The van der Waals surface area contributed by atoms with Gasteiger partial charge in [0.05, 0.1) is 11.6 Å². The molecule has 14 heavy (non-hydrogen) atoms. The lowest BCUT2D eigenvalue weighted by atomic mass is 10.2. The predicted octanol–water partition coefficient (Wildman–Crippen LogP) is 2.85. The molecule has 0 saturated heterocycles. The molecule has 66 valence electrons. The molecule has 0 unspecified atom stereocenters. The maximum atomic E-state index is 8.27. The fraction of sp³-hybridized carbons (Fsp3) is 0. The monoisotopic (exact) mass is 179 g/mol. The van der Waals surface area contributed by atoms with Crippen molar-refractivity contribution in [2.45, 2.75) is 0 Å². The van der Waals surface area contributed by atoms with Crippen molar-refractivity contribution in [3.05, 3.63) is 72.3 Å². The molecule has 0 aliphatic heterocycles. The Morgan fingerprint density at radius 3 is 1.93 bits per heavy atom. The van der Waals surface area contributed by atoms with E-state index in [0.29, 0.717) is 5.56 Å². The molecule has 1 heteroatoms. The summed E-state index contributed by atoms with van der Waals surface area (Å²) in [6.07, 6.45) is 0. The zero-order valence-corrected chi connectivity index (χ0v) is 7.64. The Balaban J connectivity index is 0.000000146. The highest BCUT2D eigenvalue weighted by atomic mass is 14.2. The van der Waals surface area contributed by atoms with E-state index in [2.05, 4.69) is 12.1 Å². The second kappa shape index (κ2) is 6.45. The molecule has 2 radical (unpaired) electrons. The summed E-state index contributed by atoms with van der Waals surface area (Å²) in [7, 11) is 0. The van der Waals surface area contributed by atoms with E-state index in [1.807, 2.05) is 36.4 Å². The van der Waals surface area contributed by atoms with Crippen LogP contribution in [0.2, 0.25) is 0 Å². The van der Waals surface area contributed by atoms with Gasteiger partial charge in [-0.25, -0.2) is 0 Å². The van der Waals surface area contributed by atoms with Gasteiger partial charge in [0.15, 0.2) is 0 Å². The van der Waals surface area contributed by atoms with Crippen molar-refractivity contribution in [1.29, 1.82) is 5.26 Å². The molecule has 1 nitrogen and oxygen atoms in total. The molecule has 0 heterocycles. The van der Waals surface area contributed by atoms with E-state index in [4.69, 9.17) is 5.26 Å². The molecular weight excluding hydrogens is 170 g/mol. The van der Waals surface area contributed by atoms with Crippen molar-refractivity contribution < 1.29 is 0 Å². The first kappa shape index (κ1) is 10.0. The molecule has 0 aromatic heterocycles. The molecule has 0 N–H and O–H groups in total. The lowest BCUT2D eigenvalue weighted by Crippen LogP contribution is -1.66. The first-order valence-corrected chi connectivity index (χ1v) is 4.21. The highest BCUT2D eigenvalue weighted by Gasteiger charge is 1.80. The minimum atomic E-state index is 0.660. The Morgan fingerprint density at radius 1 is 0.929 bits per heavy atom. The van der Waals surface area contributed by atoms with E-state index < -0.39 is 0 Å². The van der Waals surface area contributed by atoms with Crippen LogP contribution in [0.15, 0.2) is 54.6 Å². The molecule has 0 fully saturated rings. The lowest BCUT2D eigenvalue weighted by molar-refractivity contribution is 1.48. The SMILES string of the molecule is N#Cc1c[c]ccc1.[c]1ccccc1. The first-order chi connectivity index (χ1) is 6.93. The number of rotatable bonds is 0. The third-order valence-electron chi connectivity index (χ3n) is 1.44. The summed E-state index contributed by atoms with van der Waals surface area (Å²) in [5.41, 5.74) is 0.660. The first-order valence-electron chi connectivity index (χ1n) is 4.21. The lowest BCUT2D eigenvalue weighted by Gasteiger charge is -1.79. The van der Waals surface area contributed by atoms with Crippen molar-refractivity contribution in [2.24, 2.45) is 0 Å². The van der Waals surface area contributed by atoms with Crippen molar-refractivity contribution in [3.63, 3.8) is 0 Å². The molecule has 0 atom stereocenters. The third kappa shape index (κ3) is 4.08. The molecule has 0 saturated carbocycles. The third-order valence-corrected chi connectivity index (χ3v) is 1.44. The van der Waals surface area contributed by atoms with Crippen molar-refractivity contribution in [3.8, 4) is 6.07 Å². The summed E-state index contributed by atoms with van der Waals surface area (Å²) in [5.74, 6) is 0. The topological polar surface area (TPSA) is 23.8 Å².